The van der Waals surface area contributed by atoms with E-state index in [4.69, 9.17) is 4.42 Å². The number of fused-ring (bicyclic) bond motifs is 1. The summed E-state index contributed by atoms with van der Waals surface area (Å²) in [6.07, 6.45) is 4.85. The van der Waals surface area contributed by atoms with Crippen LogP contribution < -0.4 is 0 Å². The van der Waals surface area contributed by atoms with Gasteiger partial charge in [-0.1, -0.05) is 66.7 Å². The van der Waals surface area contributed by atoms with Crippen LogP contribution in [0.25, 0.3) is 28.2 Å². The molecule has 3 aromatic carbocycles. The minimum absolute atomic E-state index is 0.0887. The maximum Gasteiger partial charge on any atom is 0.189 e. The lowest BCUT2D eigenvalue weighted by Crippen LogP contribution is -1.95. The van der Waals surface area contributed by atoms with E-state index in [0.29, 0.717) is 5.58 Å². The summed E-state index contributed by atoms with van der Waals surface area (Å²) in [5.74, 6) is -0.345. The van der Waals surface area contributed by atoms with Gasteiger partial charge in [-0.3, -0.25) is 4.79 Å². The maximum atomic E-state index is 12.6. The lowest BCUT2D eigenvalue weighted by atomic mass is 10.0. The van der Waals surface area contributed by atoms with Gasteiger partial charge in [0.15, 0.2) is 5.78 Å². The number of carbonyl (C=O) groups excluding carboxylic acids is 1. The summed E-state index contributed by atoms with van der Waals surface area (Å²) >= 11 is 0. The zero-order valence-electron chi connectivity index (χ0n) is 13.9. The van der Waals surface area contributed by atoms with Crippen LogP contribution in [-0.4, -0.2) is 10.9 Å². The predicted molar refractivity (Wildman–Crippen MR) is 103 cm³/mol. The highest BCUT2D eigenvalue weighted by Crippen LogP contribution is 2.34. The third-order valence-corrected chi connectivity index (χ3v) is 4.27. The van der Waals surface area contributed by atoms with Crippen LogP contribution >= 0.6 is 0 Å². The van der Waals surface area contributed by atoms with E-state index < -0.39 is 0 Å². The fourth-order valence-corrected chi connectivity index (χ4v) is 2.93. The summed E-state index contributed by atoms with van der Waals surface area (Å²) in [5, 5.41) is 11.0. The van der Waals surface area contributed by atoms with Gasteiger partial charge in [0, 0.05) is 17.0 Å². The molecule has 0 spiro atoms. The SMILES string of the molecule is O=C(/C=C/c1ccccc1)c1cc2c(-c3ccccc3)coc2cc1O. The number of allylic oxidation sites excluding steroid dienone is 1. The average molecular weight is 340 g/mol. The highest BCUT2D eigenvalue weighted by Gasteiger charge is 2.15. The number of phenols is 1. The fraction of sp³-hybridized carbons (Fsp3) is 0. The zero-order valence-corrected chi connectivity index (χ0v) is 13.9. The maximum absolute atomic E-state index is 12.6. The molecule has 126 valence electrons. The van der Waals surface area contributed by atoms with Crippen molar-refractivity contribution >= 4 is 22.8 Å². The number of furan rings is 1. The van der Waals surface area contributed by atoms with E-state index in [2.05, 4.69) is 0 Å². The number of phenolic OH excluding ortho intramolecular Hbond substituents is 1. The summed E-state index contributed by atoms with van der Waals surface area (Å²) in [6.45, 7) is 0. The molecule has 1 N–H and O–H groups in total. The normalized spacial score (nSPS) is 11.2. The molecule has 0 aliphatic carbocycles. The molecule has 4 aromatic rings. The molecule has 3 heteroatoms. The minimum atomic E-state index is -0.256. The van der Waals surface area contributed by atoms with Crippen LogP contribution in [0.4, 0.5) is 0 Å². The van der Waals surface area contributed by atoms with Crippen molar-refractivity contribution in [2.24, 2.45) is 0 Å². The van der Waals surface area contributed by atoms with Crippen LogP contribution in [0.3, 0.4) is 0 Å². The Morgan fingerprint density at radius 1 is 0.923 bits per heavy atom. The first-order valence-electron chi connectivity index (χ1n) is 8.29. The molecule has 4 rings (SSSR count). The summed E-state index contributed by atoms with van der Waals surface area (Å²) < 4.78 is 5.56. The van der Waals surface area contributed by atoms with Crippen molar-refractivity contribution in [1.82, 2.24) is 0 Å². The molecule has 0 saturated carbocycles. The second-order valence-electron chi connectivity index (χ2n) is 5.99. The van der Waals surface area contributed by atoms with Gasteiger partial charge in [-0.2, -0.15) is 0 Å². The third-order valence-electron chi connectivity index (χ3n) is 4.27. The first kappa shape index (κ1) is 15.9. The Morgan fingerprint density at radius 2 is 1.62 bits per heavy atom. The van der Waals surface area contributed by atoms with E-state index in [1.54, 1.807) is 18.4 Å². The molecule has 0 aliphatic heterocycles. The molecule has 0 saturated heterocycles. The molecular weight excluding hydrogens is 324 g/mol. The van der Waals surface area contributed by atoms with E-state index in [1.807, 2.05) is 60.7 Å². The fourth-order valence-electron chi connectivity index (χ4n) is 2.93. The molecule has 0 aliphatic rings. The topological polar surface area (TPSA) is 50.4 Å². The Balaban J connectivity index is 1.74. The van der Waals surface area contributed by atoms with Gasteiger partial charge in [-0.15, -0.1) is 0 Å². The molecular formula is C23H16O3. The smallest absolute Gasteiger partial charge is 0.189 e. The standard InChI is InChI=1S/C23H16O3/c24-21(12-11-16-7-3-1-4-8-16)19-13-18-20(17-9-5-2-6-10-17)15-26-23(18)14-22(19)25/h1-15,25H/b12-11+. The molecule has 0 atom stereocenters. The van der Waals surface area contributed by atoms with Crippen molar-refractivity contribution in [3.8, 4) is 16.9 Å². The van der Waals surface area contributed by atoms with Crippen LogP contribution in [0, 0.1) is 0 Å². The Kier molecular flexibility index (Phi) is 4.12. The predicted octanol–water partition coefficient (Wildman–Crippen LogP) is 5.70. The number of carbonyl (C=O) groups is 1. The van der Waals surface area contributed by atoms with Crippen LogP contribution in [0.15, 0.2) is 89.6 Å². The average Bonchev–Trinajstić information content (AvgIpc) is 3.09. The van der Waals surface area contributed by atoms with Gasteiger partial charge >= 0.3 is 0 Å². The Morgan fingerprint density at radius 3 is 2.35 bits per heavy atom. The van der Waals surface area contributed by atoms with E-state index in [9.17, 15) is 9.90 Å². The van der Waals surface area contributed by atoms with Gasteiger partial charge in [-0.05, 0) is 23.3 Å². The zero-order chi connectivity index (χ0) is 17.9. The van der Waals surface area contributed by atoms with Crippen LogP contribution in [0.1, 0.15) is 15.9 Å². The number of hydrogen-bond acceptors (Lipinski definition) is 3. The molecule has 26 heavy (non-hydrogen) atoms. The largest absolute Gasteiger partial charge is 0.507 e. The Labute approximate surface area is 150 Å². The monoisotopic (exact) mass is 340 g/mol. The van der Waals surface area contributed by atoms with Gasteiger partial charge in [0.2, 0.25) is 0 Å². The minimum Gasteiger partial charge on any atom is -0.507 e. The van der Waals surface area contributed by atoms with E-state index in [0.717, 1.165) is 22.1 Å². The highest BCUT2D eigenvalue weighted by atomic mass is 16.3. The van der Waals surface area contributed by atoms with Gasteiger partial charge in [-0.25, -0.2) is 0 Å². The quantitative estimate of drug-likeness (QED) is 0.383. The molecule has 0 amide bonds. The van der Waals surface area contributed by atoms with Crippen LogP contribution in [0.5, 0.6) is 5.75 Å². The van der Waals surface area contributed by atoms with E-state index in [1.165, 1.54) is 12.1 Å². The molecule has 1 heterocycles. The molecule has 1 aromatic heterocycles. The van der Waals surface area contributed by atoms with Crippen LogP contribution in [-0.2, 0) is 0 Å². The number of ketones is 1. The summed E-state index contributed by atoms with van der Waals surface area (Å²) in [6, 6.07) is 22.5. The summed E-state index contributed by atoms with van der Waals surface area (Å²) in [5.41, 5.74) is 3.61. The third kappa shape index (κ3) is 3.03. The van der Waals surface area contributed by atoms with Gasteiger partial charge in [0.1, 0.15) is 11.3 Å². The molecule has 3 nitrogen and oxygen atoms in total. The van der Waals surface area contributed by atoms with Crippen molar-refractivity contribution in [1.29, 1.82) is 0 Å². The molecule has 0 radical (unpaired) electrons. The lowest BCUT2D eigenvalue weighted by Gasteiger charge is -2.03. The summed E-state index contributed by atoms with van der Waals surface area (Å²) in [7, 11) is 0. The number of aromatic hydroxyl groups is 1. The number of benzene rings is 3. The van der Waals surface area contributed by atoms with Gasteiger partial charge in [0.05, 0.1) is 11.8 Å². The van der Waals surface area contributed by atoms with Crippen LogP contribution in [0.2, 0.25) is 0 Å². The Hall–Kier alpha value is -3.59. The second kappa shape index (κ2) is 6.73. The highest BCUT2D eigenvalue weighted by molar-refractivity contribution is 6.11. The van der Waals surface area contributed by atoms with Gasteiger partial charge < -0.3 is 9.52 Å². The number of rotatable bonds is 4. The van der Waals surface area contributed by atoms with Crippen molar-refractivity contribution in [3.63, 3.8) is 0 Å². The van der Waals surface area contributed by atoms with Crippen molar-refractivity contribution in [2.45, 2.75) is 0 Å². The molecule has 0 unspecified atom stereocenters. The lowest BCUT2D eigenvalue weighted by molar-refractivity contribution is 0.104. The molecule has 0 bridgehead atoms. The molecule has 0 fully saturated rings. The Bertz CT molecular complexity index is 1090. The van der Waals surface area contributed by atoms with Crippen molar-refractivity contribution < 1.29 is 14.3 Å². The second-order valence-corrected chi connectivity index (χ2v) is 5.99. The van der Waals surface area contributed by atoms with Crippen molar-refractivity contribution in [3.05, 3.63) is 96.3 Å². The van der Waals surface area contributed by atoms with E-state index in [-0.39, 0.29) is 17.1 Å². The van der Waals surface area contributed by atoms with Crippen molar-refractivity contribution in [2.75, 3.05) is 0 Å². The first-order valence-corrected chi connectivity index (χ1v) is 8.29. The summed E-state index contributed by atoms with van der Waals surface area (Å²) in [4.78, 5) is 12.6. The van der Waals surface area contributed by atoms with E-state index >= 15 is 0 Å². The first-order chi connectivity index (χ1) is 12.7. The number of hydrogen-bond donors (Lipinski definition) is 1. The van der Waals surface area contributed by atoms with Gasteiger partial charge in [0.25, 0.3) is 0 Å².